The number of hydrogen-bond donors (Lipinski definition) is 1. The normalized spacial score (nSPS) is 10.9. The highest BCUT2D eigenvalue weighted by atomic mass is 79.9. The van der Waals surface area contributed by atoms with Crippen LogP contribution in [-0.2, 0) is 0 Å². The van der Waals surface area contributed by atoms with Gasteiger partial charge in [-0.25, -0.2) is 0 Å². The Balaban J connectivity index is 0.000000140. The standard InChI is InChI=1S/C54H39N3S.C30H22N2S.C24H18BrN.CH4/c1-7-19-40(20-8-1)41-35-49(56(44-25-13-4-14-26-44)45-27-15-5-16-28-45)37-50(36-41)57(46-29-17-6-18-30-46)48-31-33-51-52-38-47(32-34-53(52)58-54(51)39-48)55(42-21-9-2-10-22-42)43-23-11-3-12-24-43;1-4-10-22(11-5-1)31-23-16-18-27-28-21-26(17-19-29(28)33-30(27)20-23)32(24-12-6-2-7-13-24)25-14-8-3-9-15-25;25-21-16-20(19-10-4-1-5-11-19)17-24(18-21)26(22-12-6-2-7-13-22)23-14-8-3-9-15-23;/h1-39H;1-21,31H;1-18H;1H4. The Labute approximate surface area is 707 Å². The van der Waals surface area contributed by atoms with E-state index in [9.17, 15) is 0 Å². The van der Waals surface area contributed by atoms with Gasteiger partial charge in [-0.15, -0.1) is 22.7 Å². The first-order valence-corrected chi connectivity index (χ1v) is 41.6. The Morgan fingerprint density at radius 2 is 0.432 bits per heavy atom. The average Bonchev–Trinajstić information content (AvgIpc) is 1.69. The predicted molar refractivity (Wildman–Crippen MR) is 514 cm³/mol. The van der Waals surface area contributed by atoms with Gasteiger partial charge in [0.05, 0.1) is 0 Å². The summed E-state index contributed by atoms with van der Waals surface area (Å²) in [5, 5.41) is 8.59. The Kier molecular flexibility index (Phi) is 23.3. The second-order valence-electron chi connectivity index (χ2n) is 28.3. The SMILES string of the molecule is Brc1cc(-c2ccccc2)cc(N(c2ccccc2)c2ccccc2)c1.C.c1ccc(-c2cc(N(c3ccccc3)c3ccccc3)cc(N(c3ccccc3)c3ccc4c(c3)sc3ccc(N(c5ccccc5)c5ccccc5)cc34)c2)cc1.c1ccc(Nc2ccc3c(c2)sc2ccc(N(c4ccccc4)c4ccccc4)cc23)cc1. The Hall–Kier alpha value is -14.3. The highest BCUT2D eigenvalue weighted by Crippen LogP contribution is 2.48. The molecule has 0 bridgehead atoms. The number of hydrogen-bond acceptors (Lipinski definition) is 8. The fourth-order valence-corrected chi connectivity index (χ4v) is 18.0. The molecule has 20 rings (SSSR count). The summed E-state index contributed by atoms with van der Waals surface area (Å²) in [5.41, 5.74) is 23.7. The van der Waals surface area contributed by atoms with E-state index in [1.54, 1.807) is 0 Å². The van der Waals surface area contributed by atoms with Gasteiger partial charge in [-0.05, 0) is 241 Å². The van der Waals surface area contributed by atoms with Gasteiger partial charge in [0.15, 0.2) is 0 Å². The van der Waals surface area contributed by atoms with Crippen LogP contribution in [0.2, 0.25) is 0 Å². The molecule has 0 aliphatic carbocycles. The number of anilines is 17. The van der Waals surface area contributed by atoms with Gasteiger partial charge in [0.25, 0.3) is 0 Å². The van der Waals surface area contributed by atoms with E-state index in [1.165, 1.54) is 51.5 Å². The lowest BCUT2D eigenvalue weighted by molar-refractivity contribution is 1.25. The van der Waals surface area contributed by atoms with Gasteiger partial charge in [-0.3, -0.25) is 0 Å². The monoisotopic (exact) mass is 1620 g/mol. The summed E-state index contributed by atoms with van der Waals surface area (Å²) < 4.78 is 6.15. The lowest BCUT2D eigenvalue weighted by Gasteiger charge is -2.30. The van der Waals surface area contributed by atoms with Crippen molar-refractivity contribution in [1.29, 1.82) is 0 Å². The van der Waals surface area contributed by atoms with Crippen molar-refractivity contribution in [2.75, 3.05) is 29.8 Å². The molecule has 0 spiro atoms. The van der Waals surface area contributed by atoms with Crippen LogP contribution in [-0.4, -0.2) is 0 Å². The summed E-state index contributed by atoms with van der Waals surface area (Å²) in [6, 6.07) is 167. The van der Waals surface area contributed by atoms with Crippen LogP contribution in [0.15, 0.2) is 478 Å². The third kappa shape index (κ3) is 17.1. The molecular weight excluding hydrogens is 1540 g/mol. The molecule has 0 unspecified atom stereocenters. The van der Waals surface area contributed by atoms with Crippen molar-refractivity contribution in [2.24, 2.45) is 0 Å². The van der Waals surface area contributed by atoms with Crippen LogP contribution in [0, 0.1) is 0 Å². The van der Waals surface area contributed by atoms with E-state index in [0.29, 0.717) is 0 Å². The number of nitrogens with one attached hydrogen (secondary N) is 1. The predicted octanol–water partition coefficient (Wildman–Crippen LogP) is 33.6. The minimum absolute atomic E-state index is 0. The molecule has 118 heavy (non-hydrogen) atoms. The average molecular weight is 1620 g/mol. The number of benzene rings is 18. The van der Waals surface area contributed by atoms with Gasteiger partial charge < -0.3 is 29.8 Å². The van der Waals surface area contributed by atoms with E-state index in [-0.39, 0.29) is 7.43 Å². The molecule has 20 aromatic rings. The summed E-state index contributed by atoms with van der Waals surface area (Å²) in [4.78, 5) is 11.7. The van der Waals surface area contributed by atoms with Crippen LogP contribution < -0.4 is 29.8 Å². The quantitative estimate of drug-likeness (QED) is 0.0868. The zero-order chi connectivity index (χ0) is 78.5. The van der Waals surface area contributed by atoms with Gasteiger partial charge in [0.2, 0.25) is 0 Å². The van der Waals surface area contributed by atoms with Crippen molar-refractivity contribution >= 4 is 176 Å². The molecule has 0 radical (unpaired) electrons. The molecule has 2 heterocycles. The molecule has 0 aliphatic rings. The fraction of sp³-hybridized carbons (Fsp3) is 0.00917. The molecule has 0 fully saturated rings. The third-order valence-corrected chi connectivity index (χ3v) is 23.4. The van der Waals surface area contributed by atoms with Crippen LogP contribution >= 0.6 is 38.6 Å². The Morgan fingerprint density at radius 1 is 0.169 bits per heavy atom. The van der Waals surface area contributed by atoms with Gasteiger partial charge in [0, 0.05) is 142 Å². The van der Waals surface area contributed by atoms with Gasteiger partial charge >= 0.3 is 0 Å². The topological polar surface area (TPSA) is 28.2 Å². The lowest BCUT2D eigenvalue weighted by atomic mass is 10.0. The molecule has 0 aliphatic heterocycles. The molecule has 6 nitrogen and oxygen atoms in total. The minimum atomic E-state index is 0. The maximum Gasteiger partial charge on any atom is 0.0488 e. The zero-order valence-electron chi connectivity index (χ0n) is 64.0. The second kappa shape index (κ2) is 36.0. The minimum Gasteiger partial charge on any atom is -0.355 e. The summed E-state index contributed by atoms with van der Waals surface area (Å²) >= 11 is 7.38. The molecule has 0 amide bonds. The molecule has 0 saturated carbocycles. The van der Waals surface area contributed by atoms with Crippen LogP contribution in [0.5, 0.6) is 0 Å². The van der Waals surface area contributed by atoms with E-state index in [2.05, 4.69) is 483 Å². The van der Waals surface area contributed by atoms with Crippen molar-refractivity contribution in [3.05, 3.63) is 478 Å². The first-order valence-electron chi connectivity index (χ1n) is 39.2. The zero-order valence-corrected chi connectivity index (χ0v) is 67.2. The molecule has 2 aromatic heterocycles. The van der Waals surface area contributed by atoms with Crippen LogP contribution in [0.1, 0.15) is 7.43 Å². The first-order chi connectivity index (χ1) is 57.9. The summed E-state index contributed by atoms with van der Waals surface area (Å²) in [6.45, 7) is 0. The third-order valence-electron chi connectivity index (χ3n) is 20.6. The van der Waals surface area contributed by atoms with Crippen LogP contribution in [0.3, 0.4) is 0 Å². The maximum absolute atomic E-state index is 3.70. The second-order valence-corrected chi connectivity index (χ2v) is 31.4. The molecular formula is C109H83BrN6S2. The van der Waals surface area contributed by atoms with Crippen molar-refractivity contribution < 1.29 is 0 Å². The van der Waals surface area contributed by atoms with Gasteiger partial charge in [-0.2, -0.15) is 0 Å². The highest BCUT2D eigenvalue weighted by Gasteiger charge is 2.23. The highest BCUT2D eigenvalue weighted by molar-refractivity contribution is 9.10. The van der Waals surface area contributed by atoms with Crippen LogP contribution in [0.25, 0.3) is 62.6 Å². The number of fused-ring (bicyclic) bond motifs is 6. The maximum atomic E-state index is 3.70. The van der Waals surface area contributed by atoms with Gasteiger partial charge in [-0.1, -0.05) is 278 Å². The first kappa shape index (κ1) is 76.3. The smallest absolute Gasteiger partial charge is 0.0488 e. The fourth-order valence-electron chi connectivity index (χ4n) is 15.3. The van der Waals surface area contributed by atoms with E-state index >= 15 is 0 Å². The Morgan fingerprint density at radius 3 is 0.780 bits per heavy atom. The number of para-hydroxylation sites is 10. The summed E-state index contributed by atoms with van der Waals surface area (Å²) in [7, 11) is 0. The summed E-state index contributed by atoms with van der Waals surface area (Å²) in [6.07, 6.45) is 0. The Bertz CT molecular complexity index is 6500. The van der Waals surface area contributed by atoms with E-state index in [1.807, 2.05) is 59.1 Å². The van der Waals surface area contributed by atoms with Crippen LogP contribution in [0.4, 0.5) is 96.7 Å². The molecule has 0 saturated heterocycles. The molecule has 568 valence electrons. The lowest BCUT2D eigenvalue weighted by Crippen LogP contribution is -2.13. The molecule has 0 atom stereocenters. The van der Waals surface area contributed by atoms with Crippen molar-refractivity contribution in [1.82, 2.24) is 0 Å². The largest absolute Gasteiger partial charge is 0.355 e. The number of nitrogens with zero attached hydrogens (tertiary/aromatic N) is 5. The van der Waals surface area contributed by atoms with Crippen molar-refractivity contribution in [3.8, 4) is 22.3 Å². The summed E-state index contributed by atoms with van der Waals surface area (Å²) in [5.74, 6) is 0. The molecule has 18 aromatic carbocycles. The molecule has 9 heteroatoms. The van der Waals surface area contributed by atoms with Gasteiger partial charge in [0.1, 0.15) is 0 Å². The number of halogens is 1. The number of rotatable bonds is 19. The molecule has 1 N–H and O–H groups in total. The van der Waals surface area contributed by atoms with E-state index < -0.39 is 0 Å². The van der Waals surface area contributed by atoms with Crippen molar-refractivity contribution in [2.45, 2.75) is 7.43 Å². The van der Waals surface area contributed by atoms with E-state index in [4.69, 9.17) is 0 Å². The van der Waals surface area contributed by atoms with Crippen molar-refractivity contribution in [3.63, 3.8) is 0 Å². The van der Waals surface area contributed by atoms with E-state index in [0.717, 1.165) is 112 Å². The number of thiophene rings is 2.